The number of nitrogens with zero attached hydrogens (tertiary/aromatic N) is 2. The maximum atomic E-state index is 11.9. The molecule has 5 saturated carbocycles. The topological polar surface area (TPSA) is 112 Å². The molecular weight excluding hydrogens is 526 g/mol. The van der Waals surface area contributed by atoms with Crippen LogP contribution >= 0.6 is 11.6 Å². The molecule has 220 valence electrons. The van der Waals surface area contributed by atoms with Gasteiger partial charge in [0.25, 0.3) is 0 Å². The van der Waals surface area contributed by atoms with E-state index >= 15 is 0 Å². The molecule has 3 unspecified atom stereocenters. The van der Waals surface area contributed by atoms with Gasteiger partial charge < -0.3 is 15.7 Å². The highest BCUT2D eigenvalue weighted by Crippen LogP contribution is 2.59. The summed E-state index contributed by atoms with van der Waals surface area (Å²) < 4.78 is 0. The summed E-state index contributed by atoms with van der Waals surface area (Å²) >= 11 is 6.23. The van der Waals surface area contributed by atoms with Gasteiger partial charge in [-0.2, -0.15) is 0 Å². The Morgan fingerprint density at radius 1 is 1.20 bits per heavy atom. The van der Waals surface area contributed by atoms with Crippen LogP contribution in [-0.4, -0.2) is 47.6 Å². The third-order valence-electron chi connectivity index (χ3n) is 10.1. The van der Waals surface area contributed by atoms with Crippen LogP contribution in [0.1, 0.15) is 77.2 Å². The molecule has 0 spiro atoms. The maximum absolute atomic E-state index is 11.9. The predicted molar refractivity (Wildman–Crippen MR) is 160 cm³/mol. The number of aliphatic imine (C=N–C) groups is 1. The molecule has 0 amide bonds. The number of aliphatic hydroxyl groups is 1. The van der Waals surface area contributed by atoms with E-state index in [2.05, 4.69) is 20.9 Å². The summed E-state index contributed by atoms with van der Waals surface area (Å²) in [6.07, 6.45) is 11.4. The van der Waals surface area contributed by atoms with Crippen LogP contribution < -0.4 is 16.0 Å². The number of benzene rings is 1. The van der Waals surface area contributed by atoms with Gasteiger partial charge in [0.1, 0.15) is 6.21 Å². The summed E-state index contributed by atoms with van der Waals surface area (Å²) in [6.45, 7) is 6.10. The summed E-state index contributed by atoms with van der Waals surface area (Å²) in [6, 6.07) is 8.23. The van der Waals surface area contributed by atoms with Gasteiger partial charge in [-0.3, -0.25) is 20.4 Å². The van der Waals surface area contributed by atoms with Crippen molar-refractivity contribution in [2.75, 3.05) is 13.1 Å². The second-order valence-electron chi connectivity index (χ2n) is 13.1. The van der Waals surface area contributed by atoms with Crippen molar-refractivity contribution in [3.63, 3.8) is 0 Å². The highest BCUT2D eigenvalue weighted by molar-refractivity contribution is 6.31. The smallest absolute Gasteiger partial charge is 0.305 e. The van der Waals surface area contributed by atoms with Crippen LogP contribution in [0, 0.1) is 39.2 Å². The van der Waals surface area contributed by atoms with Gasteiger partial charge in [-0.05, 0) is 119 Å². The minimum atomic E-state index is -0.337. The van der Waals surface area contributed by atoms with E-state index in [4.69, 9.17) is 11.6 Å². The molecule has 1 aromatic rings. The number of hydrogen-bond donors (Lipinski definition) is 4. The Bertz CT molecular complexity index is 1090. The Kier molecular flexibility index (Phi) is 9.50. The Morgan fingerprint density at radius 2 is 1.90 bits per heavy atom. The van der Waals surface area contributed by atoms with E-state index < -0.39 is 0 Å². The van der Waals surface area contributed by atoms with Crippen molar-refractivity contribution in [1.29, 1.82) is 0 Å². The van der Waals surface area contributed by atoms with E-state index in [0.717, 1.165) is 50.3 Å². The van der Waals surface area contributed by atoms with Crippen molar-refractivity contribution in [2.45, 2.75) is 96.5 Å². The number of halogens is 1. The fraction of sp³-hybridized carbons (Fsp3) is 0.710. The van der Waals surface area contributed by atoms with Gasteiger partial charge in [-0.15, -0.1) is 0 Å². The summed E-state index contributed by atoms with van der Waals surface area (Å²) in [5.41, 5.74) is 1.80. The van der Waals surface area contributed by atoms with E-state index in [9.17, 15) is 15.2 Å². The van der Waals surface area contributed by atoms with Gasteiger partial charge in [0.15, 0.2) is 0 Å². The van der Waals surface area contributed by atoms with Crippen molar-refractivity contribution in [1.82, 2.24) is 16.0 Å². The molecule has 0 radical (unpaired) electrons. The SMILES string of the molecule is C/C(NCC12CC3CC(C1)C(NCC1CCC(O)CC1)C(C3)C2)=C(\C=N/C(C)NCc1ccccc1Cl)[N+](=O)[O-]. The predicted octanol–water partition coefficient (Wildman–Crippen LogP) is 5.28. The Morgan fingerprint density at radius 3 is 2.58 bits per heavy atom. The van der Waals surface area contributed by atoms with Gasteiger partial charge in [0, 0.05) is 24.2 Å². The molecule has 9 heteroatoms. The van der Waals surface area contributed by atoms with Gasteiger partial charge in [-0.25, -0.2) is 0 Å². The molecule has 4 bridgehead atoms. The van der Waals surface area contributed by atoms with Gasteiger partial charge in [0.2, 0.25) is 0 Å². The lowest BCUT2D eigenvalue weighted by atomic mass is 9.48. The van der Waals surface area contributed by atoms with Gasteiger partial charge in [-0.1, -0.05) is 29.8 Å². The first-order valence-corrected chi connectivity index (χ1v) is 15.6. The molecule has 1 aromatic carbocycles. The first-order valence-electron chi connectivity index (χ1n) is 15.2. The van der Waals surface area contributed by atoms with Crippen LogP contribution in [0.3, 0.4) is 0 Å². The van der Waals surface area contributed by atoms with Crippen molar-refractivity contribution >= 4 is 17.8 Å². The third kappa shape index (κ3) is 7.07. The third-order valence-corrected chi connectivity index (χ3v) is 10.5. The quantitative estimate of drug-likeness (QED) is 0.154. The minimum absolute atomic E-state index is 0.0215. The Hall–Kier alpha value is -2.00. The average molecular weight is 572 g/mol. The zero-order valence-corrected chi connectivity index (χ0v) is 24.7. The average Bonchev–Trinajstić information content (AvgIpc) is 2.92. The highest BCUT2D eigenvalue weighted by atomic mass is 35.5. The number of aliphatic hydroxyl groups excluding tert-OH is 1. The summed E-state index contributed by atoms with van der Waals surface area (Å²) in [5.74, 6) is 2.88. The monoisotopic (exact) mass is 571 g/mol. The van der Waals surface area contributed by atoms with Crippen molar-refractivity contribution in [2.24, 2.45) is 34.1 Å². The van der Waals surface area contributed by atoms with Crippen LogP contribution in [0.4, 0.5) is 0 Å². The van der Waals surface area contributed by atoms with E-state index in [-0.39, 0.29) is 28.3 Å². The fourth-order valence-corrected chi connectivity index (χ4v) is 8.42. The number of hydrogen-bond acceptors (Lipinski definition) is 7. The van der Waals surface area contributed by atoms with E-state index in [0.29, 0.717) is 41.1 Å². The summed E-state index contributed by atoms with van der Waals surface area (Å²) in [5, 5.41) is 33.2. The molecule has 5 aliphatic rings. The molecule has 6 rings (SSSR count). The molecule has 0 aliphatic heterocycles. The van der Waals surface area contributed by atoms with Crippen molar-refractivity contribution in [3.05, 3.63) is 56.4 Å². The molecule has 40 heavy (non-hydrogen) atoms. The number of rotatable bonds is 12. The number of allylic oxidation sites excluding steroid dienone is 2. The lowest BCUT2D eigenvalue weighted by molar-refractivity contribution is -0.415. The zero-order valence-electron chi connectivity index (χ0n) is 23.9. The van der Waals surface area contributed by atoms with Crippen LogP contribution in [0.5, 0.6) is 0 Å². The molecule has 5 fully saturated rings. The molecule has 5 aliphatic carbocycles. The molecular formula is C31H46ClN5O3. The standard InChI is InChI=1S/C31H46ClN5O3/c1-20(29(37(39)40)18-34-21(2)33-17-24-5-3-4-6-28(24)32)36-19-31-13-23-11-25(14-31)30(26(12-23)15-31)35-16-22-7-9-27(38)10-8-22/h3-6,18,21-23,25-27,30,33,35-36,38H,7-17,19H2,1-2H3/b29-20-,34-18-. The molecule has 0 heterocycles. The Labute approximate surface area is 243 Å². The normalized spacial score (nSPS) is 34.6. The lowest BCUT2D eigenvalue weighted by Gasteiger charge is -2.60. The summed E-state index contributed by atoms with van der Waals surface area (Å²) in [4.78, 5) is 16.0. The van der Waals surface area contributed by atoms with Crippen LogP contribution in [0.25, 0.3) is 0 Å². The van der Waals surface area contributed by atoms with Crippen LogP contribution in [0.2, 0.25) is 5.02 Å². The largest absolute Gasteiger partial charge is 0.393 e. The minimum Gasteiger partial charge on any atom is -0.393 e. The molecule has 0 aromatic heterocycles. The van der Waals surface area contributed by atoms with E-state index in [1.807, 2.05) is 31.2 Å². The van der Waals surface area contributed by atoms with Crippen molar-refractivity contribution in [3.8, 4) is 0 Å². The second kappa shape index (κ2) is 12.9. The maximum Gasteiger partial charge on any atom is 0.305 e. The second-order valence-corrected chi connectivity index (χ2v) is 13.5. The fourth-order valence-electron chi connectivity index (χ4n) is 8.22. The van der Waals surface area contributed by atoms with Crippen molar-refractivity contribution < 1.29 is 10.0 Å². The van der Waals surface area contributed by atoms with Gasteiger partial charge in [0.05, 0.1) is 22.9 Å². The van der Waals surface area contributed by atoms with Gasteiger partial charge >= 0.3 is 5.70 Å². The zero-order chi connectivity index (χ0) is 28.3. The number of nitro groups is 1. The first kappa shape index (κ1) is 29.5. The number of nitrogens with one attached hydrogen (secondary N) is 3. The summed E-state index contributed by atoms with van der Waals surface area (Å²) in [7, 11) is 0. The Balaban J connectivity index is 1.15. The molecule has 8 nitrogen and oxygen atoms in total. The molecule has 4 N–H and O–H groups in total. The molecule has 3 atom stereocenters. The highest BCUT2D eigenvalue weighted by Gasteiger charge is 2.55. The van der Waals surface area contributed by atoms with Crippen LogP contribution in [0.15, 0.2) is 40.7 Å². The van der Waals surface area contributed by atoms with E-state index in [1.54, 1.807) is 6.92 Å². The lowest BCUT2D eigenvalue weighted by Crippen LogP contribution is -2.60. The molecule has 0 saturated heterocycles. The first-order chi connectivity index (χ1) is 19.2. The van der Waals surface area contributed by atoms with E-state index in [1.165, 1.54) is 38.3 Å². The van der Waals surface area contributed by atoms with Crippen LogP contribution in [-0.2, 0) is 6.54 Å².